The molecule has 3 amide bonds. The molecule has 350 valence electrons. The number of carbonyl (C=O) groups excluding carboxylic acids is 4. The Balaban J connectivity index is 1.31. The number of benzene rings is 2. The van der Waals surface area contributed by atoms with Gasteiger partial charge in [0.25, 0.3) is 32.1 Å². The number of nitrogens with zero attached hydrogens (tertiary/aromatic N) is 6. The van der Waals surface area contributed by atoms with Gasteiger partial charge >= 0.3 is 5.97 Å². The van der Waals surface area contributed by atoms with Crippen molar-refractivity contribution in [3.05, 3.63) is 94.0 Å². The van der Waals surface area contributed by atoms with Crippen LogP contribution in [0.2, 0.25) is 0 Å². The van der Waals surface area contributed by atoms with Crippen LogP contribution in [-0.4, -0.2) is 91.2 Å². The molecule has 5 rings (SSSR count). The lowest BCUT2D eigenvalue weighted by atomic mass is 9.81. The van der Waals surface area contributed by atoms with Crippen LogP contribution in [0.25, 0.3) is 10.4 Å². The third-order valence-electron chi connectivity index (χ3n) is 11.9. The van der Waals surface area contributed by atoms with Crippen molar-refractivity contribution in [1.82, 2.24) is 10.4 Å². The summed E-state index contributed by atoms with van der Waals surface area (Å²) in [5, 5.41) is 6.83. The zero-order valence-corrected chi connectivity index (χ0v) is 38.9. The number of hydrogen-bond donors (Lipinski definition) is 3. The van der Waals surface area contributed by atoms with Crippen molar-refractivity contribution < 1.29 is 54.5 Å². The van der Waals surface area contributed by atoms with Crippen molar-refractivity contribution in [3.63, 3.8) is 0 Å². The first-order valence-corrected chi connectivity index (χ1v) is 24.6. The second-order valence-electron chi connectivity index (χ2n) is 17.2. The number of unbranched alkanes of at least 4 members (excludes halogenated alkanes) is 5. The Bertz CT molecular complexity index is 2560. The van der Waals surface area contributed by atoms with Crippen LogP contribution < -0.4 is 10.2 Å². The lowest BCUT2D eigenvalue weighted by Gasteiger charge is -2.27. The van der Waals surface area contributed by atoms with E-state index in [2.05, 4.69) is 24.8 Å². The number of rotatable bonds is 23. The minimum absolute atomic E-state index is 0.0120. The van der Waals surface area contributed by atoms with E-state index >= 15 is 0 Å². The van der Waals surface area contributed by atoms with Crippen LogP contribution >= 0.6 is 0 Å². The predicted octanol–water partition coefficient (Wildman–Crippen LogP) is 7.29. The van der Waals surface area contributed by atoms with Crippen molar-refractivity contribution >= 4 is 61.0 Å². The van der Waals surface area contributed by atoms with Gasteiger partial charge in [-0.1, -0.05) is 50.0 Å². The van der Waals surface area contributed by atoms with Crippen LogP contribution in [0.15, 0.2) is 87.4 Å². The second-order valence-corrected chi connectivity index (χ2v) is 20.1. The largest absolute Gasteiger partial charge is 0.356 e. The van der Waals surface area contributed by atoms with Gasteiger partial charge in [0, 0.05) is 91.2 Å². The molecule has 1 fully saturated rings. The van der Waals surface area contributed by atoms with Gasteiger partial charge < -0.3 is 15.1 Å². The van der Waals surface area contributed by atoms with Gasteiger partial charge in [0.2, 0.25) is 11.6 Å². The lowest BCUT2D eigenvalue weighted by molar-refractivity contribution is -0.438. The average Bonchev–Trinajstić information content (AvgIpc) is 3.75. The summed E-state index contributed by atoms with van der Waals surface area (Å²) in [5.41, 5.74) is 11.9. The fourth-order valence-electron chi connectivity index (χ4n) is 8.41. The van der Waals surface area contributed by atoms with E-state index in [0.29, 0.717) is 75.3 Å². The molecule has 0 bridgehead atoms. The van der Waals surface area contributed by atoms with Crippen molar-refractivity contribution in [3.8, 4) is 0 Å². The smallest absolute Gasteiger partial charge is 0.333 e. The number of hydroxylamine groups is 2. The minimum Gasteiger partial charge on any atom is -0.356 e. The van der Waals surface area contributed by atoms with Crippen LogP contribution in [-0.2, 0) is 55.1 Å². The number of hydrogen-bond acceptors (Lipinski definition) is 11. The van der Waals surface area contributed by atoms with Crippen molar-refractivity contribution in [2.45, 2.75) is 125 Å². The van der Waals surface area contributed by atoms with Crippen LogP contribution in [0.1, 0.15) is 116 Å². The minimum atomic E-state index is -4.48. The van der Waals surface area contributed by atoms with Crippen LogP contribution in [0, 0.1) is 0 Å². The summed E-state index contributed by atoms with van der Waals surface area (Å²) in [6.07, 6.45) is 15.4. The first-order valence-electron chi connectivity index (χ1n) is 21.7. The molecule has 3 aliphatic rings. The molecule has 2 aromatic carbocycles. The van der Waals surface area contributed by atoms with E-state index in [0.717, 1.165) is 47.6 Å². The summed E-state index contributed by atoms with van der Waals surface area (Å²) < 4.78 is 70.4. The van der Waals surface area contributed by atoms with E-state index in [-0.39, 0.29) is 35.0 Å². The Hall–Kier alpha value is -5.66. The molecule has 0 atom stereocenters. The molecule has 65 heavy (non-hydrogen) atoms. The van der Waals surface area contributed by atoms with E-state index in [1.807, 2.05) is 58.1 Å². The van der Waals surface area contributed by atoms with Crippen LogP contribution in [0.3, 0.4) is 0 Å². The topological polar surface area (TPSA) is 257 Å². The maximum atomic E-state index is 12.4. The van der Waals surface area contributed by atoms with E-state index in [1.54, 1.807) is 12.1 Å². The maximum absolute atomic E-state index is 12.4. The van der Waals surface area contributed by atoms with E-state index in [1.165, 1.54) is 24.3 Å². The number of nitrogens with one attached hydrogen (secondary N) is 1. The van der Waals surface area contributed by atoms with Crippen molar-refractivity contribution in [2.24, 2.45) is 5.11 Å². The van der Waals surface area contributed by atoms with Gasteiger partial charge in [-0.3, -0.25) is 23.5 Å². The maximum Gasteiger partial charge on any atom is 0.333 e. The Morgan fingerprint density at radius 2 is 1.46 bits per heavy atom. The molecule has 0 aromatic heterocycles. The number of imide groups is 1. The second kappa shape index (κ2) is 21.6. The molecule has 20 heteroatoms. The third-order valence-corrected chi connectivity index (χ3v) is 13.6. The zero-order chi connectivity index (χ0) is 47.6. The van der Waals surface area contributed by atoms with Crippen molar-refractivity contribution in [1.29, 1.82) is 0 Å². The van der Waals surface area contributed by atoms with Crippen molar-refractivity contribution in [2.75, 3.05) is 31.1 Å². The van der Waals surface area contributed by atoms with E-state index in [9.17, 15) is 45.1 Å². The molecule has 1 saturated heterocycles. The summed E-state index contributed by atoms with van der Waals surface area (Å²) in [6.45, 7) is 9.81. The molecule has 0 spiro atoms. The van der Waals surface area contributed by atoms with Gasteiger partial charge in [-0.15, -0.1) is 5.06 Å². The highest BCUT2D eigenvalue weighted by Gasteiger charge is 2.45. The molecule has 0 unspecified atom stereocenters. The monoisotopic (exact) mass is 936 g/mol. The fourth-order valence-corrected chi connectivity index (χ4v) is 9.42. The molecule has 0 aliphatic carbocycles. The van der Waals surface area contributed by atoms with Gasteiger partial charge in [0.15, 0.2) is 5.71 Å². The van der Waals surface area contributed by atoms with Gasteiger partial charge in [-0.2, -0.15) is 21.4 Å². The van der Waals surface area contributed by atoms with E-state index < -0.39 is 48.8 Å². The Labute approximate surface area is 380 Å². The summed E-state index contributed by atoms with van der Waals surface area (Å²) in [6, 6.07) is 9.12. The SMILES string of the molecule is CC1(C)C(/C=C/C=C/C=C2/N(CCCCCCC(=O)NCCCN=[N+]=[N-])c3ccc(S(=O)(=O)O)cc3C2(C)C)=[N+](CCCCCC(=O)ON2C(=O)CCC2=O)c2ccc(S(=O)(=O)O)cc21. The number of amides is 3. The summed E-state index contributed by atoms with van der Waals surface area (Å²) >= 11 is 0. The summed E-state index contributed by atoms with van der Waals surface area (Å²) in [5.74, 6) is -1.80. The first-order chi connectivity index (χ1) is 30.7. The van der Waals surface area contributed by atoms with Gasteiger partial charge in [-0.25, -0.2) is 4.79 Å². The van der Waals surface area contributed by atoms with Crippen LogP contribution in [0.4, 0.5) is 11.4 Å². The molecule has 3 N–H and O–H groups in total. The third kappa shape index (κ3) is 12.6. The van der Waals surface area contributed by atoms with E-state index in [4.69, 9.17) is 10.4 Å². The Kier molecular flexibility index (Phi) is 16.7. The summed E-state index contributed by atoms with van der Waals surface area (Å²) in [4.78, 5) is 57.6. The molecular weight excluding hydrogens is 879 g/mol. The van der Waals surface area contributed by atoms with Gasteiger partial charge in [-0.05, 0) is 93.5 Å². The Morgan fingerprint density at radius 3 is 2.14 bits per heavy atom. The zero-order valence-electron chi connectivity index (χ0n) is 37.2. The molecular formula is C45H58N7O11S2+. The van der Waals surface area contributed by atoms with Gasteiger partial charge in [0.05, 0.1) is 15.2 Å². The number of carbonyl (C=O) groups is 4. The predicted molar refractivity (Wildman–Crippen MR) is 242 cm³/mol. The fraction of sp³-hybridized carbons (Fsp3) is 0.489. The molecule has 0 saturated carbocycles. The number of anilines is 1. The molecule has 0 radical (unpaired) electrons. The van der Waals surface area contributed by atoms with Crippen LogP contribution in [0.5, 0.6) is 0 Å². The highest BCUT2D eigenvalue weighted by atomic mass is 32.2. The Morgan fingerprint density at radius 1 is 0.831 bits per heavy atom. The highest BCUT2D eigenvalue weighted by Crippen LogP contribution is 2.48. The molecule has 2 aromatic rings. The summed E-state index contributed by atoms with van der Waals surface area (Å²) in [7, 11) is -8.93. The lowest BCUT2D eigenvalue weighted by Crippen LogP contribution is -2.31. The first kappa shape index (κ1) is 50.3. The quantitative estimate of drug-likeness (QED) is 0.0145. The number of fused-ring (bicyclic) bond motifs is 2. The highest BCUT2D eigenvalue weighted by molar-refractivity contribution is 7.86. The molecule has 3 heterocycles. The van der Waals surface area contributed by atoms with Gasteiger partial charge in [0.1, 0.15) is 6.54 Å². The normalized spacial score (nSPS) is 17.4. The molecule has 3 aliphatic heterocycles. The number of allylic oxidation sites excluding steroid dienone is 6. The number of azide groups is 1. The average molecular weight is 937 g/mol. The molecule has 18 nitrogen and oxygen atoms in total. The standard InChI is InChI=1S/C45H57N7O11S2/c1-44(2)34-30-32(64(57,58)59)20-22-36(34)50(28-13-6-5-11-18-40(53)47-26-15-27-48-49-46)38(44)16-9-7-10-17-39-45(3,4)35-31-33(65(60,61)62)21-23-37(35)51(39)29-14-8-12-19-43(56)63-52-41(54)24-25-42(52)55/h7,9-10,16-17,20-23,30-31H,5-6,8,11-15,18-19,24-29H2,1-4H3,(H2-,47,53,57,58,59,60,61,62)/p+1.